The van der Waals surface area contributed by atoms with E-state index in [0.717, 1.165) is 24.3 Å². The van der Waals surface area contributed by atoms with E-state index in [1.165, 1.54) is 25.1 Å². The molecule has 0 amide bonds. The van der Waals surface area contributed by atoms with Crippen LogP contribution in [0, 0.1) is 10.1 Å². The number of nitrogens with zero attached hydrogens (tertiary/aromatic N) is 1. The Hall–Kier alpha value is -3.07. The fourth-order valence-electron chi connectivity index (χ4n) is 2.14. The summed E-state index contributed by atoms with van der Waals surface area (Å²) in [7, 11) is 0. The number of rotatable bonds is 7. The maximum Gasteiger partial charge on any atom is 0.387 e. The van der Waals surface area contributed by atoms with Gasteiger partial charge in [-0.3, -0.25) is 14.9 Å². The SMILES string of the molecule is CC(OC(=O)c1ccc(Cl)cc1[N+](=O)[O-])C(=O)c1ccc(OC(F)F)cc1. The summed E-state index contributed by atoms with van der Waals surface area (Å²) in [5.41, 5.74) is -0.826. The predicted octanol–water partition coefficient (Wildman–Crippen LogP) is 4.28. The molecule has 142 valence electrons. The van der Waals surface area contributed by atoms with Crippen molar-refractivity contribution in [2.45, 2.75) is 19.6 Å². The third kappa shape index (κ3) is 5.20. The van der Waals surface area contributed by atoms with Gasteiger partial charge in [0.15, 0.2) is 6.10 Å². The minimum Gasteiger partial charge on any atom is -0.450 e. The minimum atomic E-state index is -3.00. The molecule has 1 atom stereocenters. The van der Waals surface area contributed by atoms with Gasteiger partial charge in [0.2, 0.25) is 5.78 Å². The van der Waals surface area contributed by atoms with Crippen LogP contribution in [0.1, 0.15) is 27.6 Å². The molecule has 0 heterocycles. The number of hydrogen-bond donors (Lipinski definition) is 0. The van der Waals surface area contributed by atoms with Crippen molar-refractivity contribution in [3.8, 4) is 5.75 Å². The number of nitro groups is 1. The molecule has 2 aromatic carbocycles. The zero-order chi connectivity index (χ0) is 20.1. The number of halogens is 3. The first-order valence-electron chi connectivity index (χ1n) is 7.43. The smallest absolute Gasteiger partial charge is 0.387 e. The first-order chi connectivity index (χ1) is 12.7. The second-order valence-electron chi connectivity index (χ2n) is 5.23. The number of nitro benzene ring substituents is 1. The number of ketones is 1. The Morgan fingerprint density at radius 3 is 2.33 bits per heavy atom. The van der Waals surface area contributed by atoms with Crippen LogP contribution in [0.4, 0.5) is 14.5 Å². The van der Waals surface area contributed by atoms with Crippen LogP contribution in [0.2, 0.25) is 5.02 Å². The topological polar surface area (TPSA) is 95.7 Å². The predicted molar refractivity (Wildman–Crippen MR) is 90.4 cm³/mol. The van der Waals surface area contributed by atoms with Crippen LogP contribution in [-0.4, -0.2) is 29.4 Å². The van der Waals surface area contributed by atoms with Crippen molar-refractivity contribution in [3.63, 3.8) is 0 Å². The third-order valence-corrected chi connectivity index (χ3v) is 3.63. The molecule has 0 aliphatic heterocycles. The molecule has 0 saturated heterocycles. The summed E-state index contributed by atoms with van der Waals surface area (Å²) in [6.07, 6.45) is -1.27. The lowest BCUT2D eigenvalue weighted by Gasteiger charge is -2.13. The van der Waals surface area contributed by atoms with Gasteiger partial charge in [-0.15, -0.1) is 0 Å². The van der Waals surface area contributed by atoms with E-state index >= 15 is 0 Å². The highest BCUT2D eigenvalue weighted by atomic mass is 35.5. The summed E-state index contributed by atoms with van der Waals surface area (Å²) < 4.78 is 33.4. The highest BCUT2D eigenvalue weighted by Gasteiger charge is 2.26. The standard InChI is InChI=1S/C17H12ClF2NO6/c1-9(15(22)10-2-5-12(6-3-10)27-17(19)20)26-16(23)13-7-4-11(18)8-14(13)21(24)25/h2-9,17H,1H3. The number of benzene rings is 2. The van der Waals surface area contributed by atoms with Gasteiger partial charge in [-0.2, -0.15) is 8.78 Å². The molecule has 0 bridgehead atoms. The highest BCUT2D eigenvalue weighted by Crippen LogP contribution is 2.24. The fraction of sp³-hybridized carbons (Fsp3) is 0.176. The Kier molecular flexibility index (Phi) is 6.40. The Morgan fingerprint density at radius 1 is 1.15 bits per heavy atom. The zero-order valence-corrected chi connectivity index (χ0v) is 14.5. The first kappa shape index (κ1) is 20.2. The van der Waals surface area contributed by atoms with Gasteiger partial charge < -0.3 is 9.47 Å². The summed E-state index contributed by atoms with van der Waals surface area (Å²) in [4.78, 5) is 34.7. The molecule has 1 unspecified atom stereocenters. The lowest BCUT2D eigenvalue weighted by atomic mass is 10.1. The van der Waals surface area contributed by atoms with Crippen molar-refractivity contribution < 1.29 is 32.8 Å². The van der Waals surface area contributed by atoms with E-state index in [2.05, 4.69) is 4.74 Å². The number of ether oxygens (including phenoxy) is 2. The maximum absolute atomic E-state index is 12.3. The van der Waals surface area contributed by atoms with Crippen molar-refractivity contribution in [3.05, 3.63) is 68.7 Å². The van der Waals surface area contributed by atoms with Gasteiger partial charge >= 0.3 is 12.6 Å². The molecule has 0 aliphatic carbocycles. The molecule has 2 aromatic rings. The van der Waals surface area contributed by atoms with E-state index in [0.29, 0.717) is 0 Å². The van der Waals surface area contributed by atoms with E-state index in [-0.39, 0.29) is 21.9 Å². The van der Waals surface area contributed by atoms with Crippen molar-refractivity contribution in [2.24, 2.45) is 0 Å². The summed E-state index contributed by atoms with van der Waals surface area (Å²) >= 11 is 5.68. The molecular formula is C17H12ClF2NO6. The third-order valence-electron chi connectivity index (χ3n) is 3.39. The average molecular weight is 400 g/mol. The Labute approximate surface area is 156 Å². The van der Waals surface area contributed by atoms with Crippen LogP contribution in [0.25, 0.3) is 0 Å². The van der Waals surface area contributed by atoms with Crippen LogP contribution >= 0.6 is 11.6 Å². The second kappa shape index (κ2) is 8.54. The molecule has 0 radical (unpaired) electrons. The molecule has 10 heteroatoms. The largest absolute Gasteiger partial charge is 0.450 e. The molecule has 2 rings (SSSR count). The molecule has 7 nitrogen and oxygen atoms in total. The molecule has 27 heavy (non-hydrogen) atoms. The van der Waals surface area contributed by atoms with Gasteiger partial charge in [-0.1, -0.05) is 11.6 Å². The van der Waals surface area contributed by atoms with Gasteiger partial charge in [0.25, 0.3) is 5.69 Å². The maximum atomic E-state index is 12.3. The number of Topliss-reactive ketones (excluding diaryl/α,β-unsaturated/α-hetero) is 1. The van der Waals surface area contributed by atoms with Gasteiger partial charge in [0.05, 0.1) is 4.92 Å². The number of hydrogen-bond acceptors (Lipinski definition) is 6. The van der Waals surface area contributed by atoms with Crippen molar-refractivity contribution >= 4 is 29.0 Å². The monoisotopic (exact) mass is 399 g/mol. The lowest BCUT2D eigenvalue weighted by molar-refractivity contribution is -0.385. The molecule has 0 fully saturated rings. The van der Waals surface area contributed by atoms with Crippen LogP contribution in [0.5, 0.6) is 5.75 Å². The van der Waals surface area contributed by atoms with Crippen molar-refractivity contribution in [2.75, 3.05) is 0 Å². The molecule has 0 aliphatic rings. The van der Waals surface area contributed by atoms with Crippen molar-refractivity contribution in [1.29, 1.82) is 0 Å². The number of carbonyl (C=O) groups is 2. The minimum absolute atomic E-state index is 0.0634. The summed E-state index contributed by atoms with van der Waals surface area (Å²) in [5, 5.41) is 11.1. The van der Waals surface area contributed by atoms with Crippen molar-refractivity contribution in [1.82, 2.24) is 0 Å². The summed E-state index contributed by atoms with van der Waals surface area (Å²) in [6.45, 7) is -1.72. The first-order valence-corrected chi connectivity index (χ1v) is 7.81. The zero-order valence-electron chi connectivity index (χ0n) is 13.7. The van der Waals surface area contributed by atoms with E-state index in [4.69, 9.17) is 16.3 Å². The van der Waals surface area contributed by atoms with E-state index in [1.54, 1.807) is 0 Å². The second-order valence-corrected chi connectivity index (χ2v) is 5.67. The van der Waals surface area contributed by atoms with E-state index < -0.39 is 35.1 Å². The highest BCUT2D eigenvalue weighted by molar-refractivity contribution is 6.31. The molecular weight excluding hydrogens is 388 g/mol. The molecule has 0 aromatic heterocycles. The van der Waals surface area contributed by atoms with E-state index in [9.17, 15) is 28.5 Å². The number of esters is 1. The Bertz CT molecular complexity index is 872. The average Bonchev–Trinajstić information content (AvgIpc) is 2.60. The van der Waals surface area contributed by atoms with Crippen LogP contribution < -0.4 is 4.74 Å². The van der Waals surface area contributed by atoms with Crippen LogP contribution in [0.15, 0.2) is 42.5 Å². The summed E-state index contributed by atoms with van der Waals surface area (Å²) in [5.74, 6) is -1.83. The van der Waals surface area contributed by atoms with Gasteiger partial charge in [-0.25, -0.2) is 4.79 Å². The van der Waals surface area contributed by atoms with Crippen LogP contribution in [-0.2, 0) is 4.74 Å². The fourth-order valence-corrected chi connectivity index (χ4v) is 2.31. The number of alkyl halides is 2. The number of carbonyl (C=O) groups excluding carboxylic acids is 2. The molecule has 0 saturated carbocycles. The van der Waals surface area contributed by atoms with Gasteiger partial charge in [-0.05, 0) is 43.3 Å². The normalized spacial score (nSPS) is 11.7. The van der Waals surface area contributed by atoms with Crippen LogP contribution in [0.3, 0.4) is 0 Å². The molecule has 0 spiro atoms. The lowest BCUT2D eigenvalue weighted by Crippen LogP contribution is -2.24. The Morgan fingerprint density at radius 2 is 1.78 bits per heavy atom. The Balaban J connectivity index is 2.12. The summed E-state index contributed by atoms with van der Waals surface area (Å²) in [6, 6.07) is 8.18. The van der Waals surface area contributed by atoms with Gasteiger partial charge in [0, 0.05) is 16.7 Å². The quantitative estimate of drug-likeness (QED) is 0.298. The van der Waals surface area contributed by atoms with E-state index in [1.807, 2.05) is 0 Å². The van der Waals surface area contributed by atoms with Gasteiger partial charge in [0.1, 0.15) is 11.3 Å². The molecule has 0 N–H and O–H groups in total.